The van der Waals surface area contributed by atoms with Crippen molar-refractivity contribution in [2.45, 2.75) is 13.0 Å². The van der Waals surface area contributed by atoms with Crippen LogP contribution in [0, 0.1) is 5.82 Å². The Balaban J connectivity index is 2.05. The minimum atomic E-state index is -0.834. The molecule has 0 saturated heterocycles. The van der Waals surface area contributed by atoms with E-state index in [9.17, 15) is 9.18 Å². The summed E-state index contributed by atoms with van der Waals surface area (Å²) in [5.74, 6) is -0.598. The molecule has 1 atom stereocenters. The molecule has 0 aliphatic heterocycles. The van der Waals surface area contributed by atoms with E-state index >= 15 is 0 Å². The lowest BCUT2D eigenvalue weighted by atomic mass is 10.3. The van der Waals surface area contributed by atoms with E-state index in [1.807, 2.05) is 0 Å². The van der Waals surface area contributed by atoms with E-state index in [0.29, 0.717) is 21.5 Å². The normalized spacial score (nSPS) is 11.9. The number of amides is 1. The molecule has 7 heteroatoms. The zero-order valence-electron chi connectivity index (χ0n) is 11.4. The van der Waals surface area contributed by atoms with Gasteiger partial charge in [0.05, 0.1) is 15.7 Å². The maximum Gasteiger partial charge on any atom is 0.265 e. The minimum Gasteiger partial charge on any atom is -0.479 e. The number of hydrogen-bond donors (Lipinski definition) is 1. The summed E-state index contributed by atoms with van der Waals surface area (Å²) in [6, 6.07) is 8.36. The highest BCUT2D eigenvalue weighted by molar-refractivity contribution is 6.35. The van der Waals surface area contributed by atoms with Crippen molar-refractivity contribution in [3.05, 3.63) is 57.3 Å². The van der Waals surface area contributed by atoms with Gasteiger partial charge in [0.25, 0.3) is 5.91 Å². The van der Waals surface area contributed by atoms with Gasteiger partial charge in [-0.3, -0.25) is 4.79 Å². The molecular formula is C15H11Cl3FNO2. The quantitative estimate of drug-likeness (QED) is 0.812. The van der Waals surface area contributed by atoms with E-state index in [1.165, 1.54) is 18.2 Å². The van der Waals surface area contributed by atoms with Gasteiger partial charge < -0.3 is 10.1 Å². The smallest absolute Gasteiger partial charge is 0.265 e. The van der Waals surface area contributed by atoms with Gasteiger partial charge in [-0.05, 0) is 43.3 Å². The van der Waals surface area contributed by atoms with E-state index in [0.717, 1.165) is 6.07 Å². The molecule has 0 spiro atoms. The van der Waals surface area contributed by atoms with Gasteiger partial charge in [-0.15, -0.1) is 0 Å². The van der Waals surface area contributed by atoms with Crippen molar-refractivity contribution in [2.75, 3.05) is 5.32 Å². The van der Waals surface area contributed by atoms with Crippen LogP contribution in [0.1, 0.15) is 6.92 Å². The van der Waals surface area contributed by atoms with Gasteiger partial charge in [-0.2, -0.15) is 0 Å². The van der Waals surface area contributed by atoms with Crippen LogP contribution in [0.5, 0.6) is 5.75 Å². The number of ether oxygens (including phenoxy) is 1. The third-order valence-corrected chi connectivity index (χ3v) is 3.60. The van der Waals surface area contributed by atoms with E-state index < -0.39 is 17.8 Å². The van der Waals surface area contributed by atoms with Gasteiger partial charge in [0.1, 0.15) is 11.6 Å². The van der Waals surface area contributed by atoms with Crippen LogP contribution in [-0.2, 0) is 4.79 Å². The second-order valence-electron chi connectivity index (χ2n) is 4.45. The van der Waals surface area contributed by atoms with Gasteiger partial charge in [0.2, 0.25) is 0 Å². The summed E-state index contributed by atoms with van der Waals surface area (Å²) in [6.07, 6.45) is -0.834. The van der Waals surface area contributed by atoms with Crippen molar-refractivity contribution in [1.82, 2.24) is 0 Å². The molecule has 116 valence electrons. The van der Waals surface area contributed by atoms with Crippen molar-refractivity contribution in [3.63, 3.8) is 0 Å². The maximum absolute atomic E-state index is 13.0. The molecule has 0 fully saturated rings. The molecule has 0 bridgehead atoms. The molecule has 2 rings (SSSR count). The summed E-state index contributed by atoms with van der Waals surface area (Å²) >= 11 is 17.6. The fourth-order valence-electron chi connectivity index (χ4n) is 1.64. The lowest BCUT2D eigenvalue weighted by molar-refractivity contribution is -0.122. The summed E-state index contributed by atoms with van der Waals surface area (Å²) in [4.78, 5) is 12.1. The highest BCUT2D eigenvalue weighted by Gasteiger charge is 2.17. The number of carbonyl (C=O) groups excluding carboxylic acids is 1. The summed E-state index contributed by atoms with van der Waals surface area (Å²) in [5, 5.41) is 3.42. The molecule has 0 unspecified atom stereocenters. The molecule has 3 nitrogen and oxygen atoms in total. The average Bonchev–Trinajstić information content (AvgIpc) is 2.44. The Morgan fingerprint density at radius 1 is 1.14 bits per heavy atom. The fourth-order valence-corrected chi connectivity index (χ4v) is 2.31. The van der Waals surface area contributed by atoms with Crippen LogP contribution in [0.3, 0.4) is 0 Å². The monoisotopic (exact) mass is 361 g/mol. The summed E-state index contributed by atoms with van der Waals surface area (Å²) in [7, 11) is 0. The first-order valence-electron chi connectivity index (χ1n) is 6.24. The van der Waals surface area contributed by atoms with Crippen LogP contribution in [0.15, 0.2) is 36.4 Å². The van der Waals surface area contributed by atoms with E-state index in [1.54, 1.807) is 19.1 Å². The Morgan fingerprint density at radius 2 is 1.86 bits per heavy atom. The highest BCUT2D eigenvalue weighted by atomic mass is 35.5. The van der Waals surface area contributed by atoms with Crippen molar-refractivity contribution in [3.8, 4) is 5.75 Å². The average molecular weight is 363 g/mol. The first-order valence-corrected chi connectivity index (χ1v) is 7.38. The van der Waals surface area contributed by atoms with Crippen LogP contribution in [0.25, 0.3) is 0 Å². The predicted molar refractivity (Wildman–Crippen MR) is 86.6 cm³/mol. The Morgan fingerprint density at radius 3 is 2.50 bits per heavy atom. The third kappa shape index (κ3) is 4.26. The van der Waals surface area contributed by atoms with Crippen LogP contribution >= 0.6 is 34.8 Å². The molecule has 1 amide bonds. The Labute approximate surface area is 141 Å². The molecule has 0 radical (unpaired) electrons. The Kier molecular flexibility index (Phi) is 5.51. The number of carbonyl (C=O) groups is 1. The van der Waals surface area contributed by atoms with Crippen molar-refractivity contribution in [1.29, 1.82) is 0 Å². The third-order valence-electron chi connectivity index (χ3n) is 2.76. The molecule has 22 heavy (non-hydrogen) atoms. The van der Waals surface area contributed by atoms with E-state index in [4.69, 9.17) is 39.5 Å². The maximum atomic E-state index is 13.0. The van der Waals surface area contributed by atoms with Gasteiger partial charge in [0, 0.05) is 5.02 Å². The lowest BCUT2D eigenvalue weighted by Gasteiger charge is -2.16. The van der Waals surface area contributed by atoms with E-state index in [-0.39, 0.29) is 5.02 Å². The molecule has 0 aromatic heterocycles. The second kappa shape index (κ2) is 7.18. The summed E-state index contributed by atoms with van der Waals surface area (Å²) < 4.78 is 18.4. The SMILES string of the molecule is C[C@@H](Oc1ccc(Cl)cc1Cl)C(=O)Nc1ccc(F)cc1Cl. The number of rotatable bonds is 4. The standard InChI is InChI=1S/C15H11Cl3FNO2/c1-8(22-14-5-2-9(16)6-12(14)18)15(21)20-13-4-3-10(19)7-11(13)17/h2-8H,1H3,(H,20,21)/t8-/m1/s1. The van der Waals surface area contributed by atoms with Gasteiger partial charge in [0.15, 0.2) is 6.10 Å². The van der Waals surface area contributed by atoms with Gasteiger partial charge in [-0.1, -0.05) is 34.8 Å². The largest absolute Gasteiger partial charge is 0.479 e. The van der Waals surface area contributed by atoms with Gasteiger partial charge >= 0.3 is 0 Å². The predicted octanol–water partition coefficient (Wildman–Crippen LogP) is 5.19. The number of hydrogen-bond acceptors (Lipinski definition) is 2. The van der Waals surface area contributed by atoms with Crippen molar-refractivity contribution >= 4 is 46.4 Å². The number of halogens is 4. The number of anilines is 1. The van der Waals surface area contributed by atoms with Gasteiger partial charge in [-0.25, -0.2) is 4.39 Å². The van der Waals surface area contributed by atoms with E-state index in [2.05, 4.69) is 5.32 Å². The Bertz CT molecular complexity index is 709. The van der Waals surface area contributed by atoms with Crippen LogP contribution in [-0.4, -0.2) is 12.0 Å². The number of nitrogens with one attached hydrogen (secondary N) is 1. The first-order chi connectivity index (χ1) is 10.4. The van der Waals surface area contributed by atoms with Crippen LogP contribution < -0.4 is 10.1 Å². The summed E-state index contributed by atoms with van der Waals surface area (Å²) in [5.41, 5.74) is 0.297. The molecular weight excluding hydrogens is 352 g/mol. The number of benzene rings is 2. The first kappa shape index (κ1) is 16.9. The fraction of sp³-hybridized carbons (Fsp3) is 0.133. The Hall–Kier alpha value is -1.49. The minimum absolute atomic E-state index is 0.102. The molecule has 0 heterocycles. The zero-order chi connectivity index (χ0) is 16.3. The van der Waals surface area contributed by atoms with Crippen LogP contribution in [0.2, 0.25) is 15.1 Å². The summed E-state index contributed by atoms with van der Waals surface area (Å²) in [6.45, 7) is 1.55. The molecule has 2 aromatic rings. The zero-order valence-corrected chi connectivity index (χ0v) is 13.6. The van der Waals surface area contributed by atoms with Crippen LogP contribution in [0.4, 0.5) is 10.1 Å². The van der Waals surface area contributed by atoms with Crippen molar-refractivity contribution < 1.29 is 13.9 Å². The molecule has 2 aromatic carbocycles. The highest BCUT2D eigenvalue weighted by Crippen LogP contribution is 2.29. The molecule has 0 aliphatic carbocycles. The second-order valence-corrected chi connectivity index (χ2v) is 5.70. The van der Waals surface area contributed by atoms with Crippen molar-refractivity contribution in [2.24, 2.45) is 0 Å². The molecule has 0 aliphatic rings. The molecule has 0 saturated carbocycles. The lowest BCUT2D eigenvalue weighted by Crippen LogP contribution is -2.30. The topological polar surface area (TPSA) is 38.3 Å². The molecule has 1 N–H and O–H groups in total.